The molecule has 0 unspecified atom stereocenters. The standard InChI is InChI=1S/C22H16FNO3/c1-25-15-10-12-16(13-11-15)27-21-9-5-3-7-18(21)22-24-20(14-26-22)17-6-2-4-8-19(17)23/h2-14H,1H3. The van der Waals surface area contributed by atoms with Crippen molar-refractivity contribution in [2.45, 2.75) is 0 Å². The quantitative estimate of drug-likeness (QED) is 0.441. The van der Waals surface area contributed by atoms with Crippen LogP contribution < -0.4 is 9.47 Å². The van der Waals surface area contributed by atoms with E-state index in [0.717, 1.165) is 5.75 Å². The number of benzene rings is 3. The van der Waals surface area contributed by atoms with Crippen molar-refractivity contribution in [3.8, 4) is 40.0 Å². The molecule has 0 saturated heterocycles. The van der Waals surface area contributed by atoms with E-state index >= 15 is 0 Å². The maximum atomic E-state index is 14.0. The number of ether oxygens (including phenoxy) is 2. The molecule has 3 aromatic carbocycles. The van der Waals surface area contributed by atoms with Gasteiger partial charge in [-0.15, -0.1) is 0 Å². The highest BCUT2D eigenvalue weighted by Crippen LogP contribution is 2.34. The number of hydrogen-bond donors (Lipinski definition) is 0. The fraction of sp³-hybridized carbons (Fsp3) is 0.0455. The molecule has 27 heavy (non-hydrogen) atoms. The Hall–Kier alpha value is -3.60. The molecular weight excluding hydrogens is 345 g/mol. The van der Waals surface area contributed by atoms with Crippen molar-refractivity contribution in [2.75, 3.05) is 7.11 Å². The van der Waals surface area contributed by atoms with Crippen molar-refractivity contribution >= 4 is 0 Å². The fourth-order valence-electron chi connectivity index (χ4n) is 2.69. The zero-order valence-electron chi connectivity index (χ0n) is 14.6. The fourth-order valence-corrected chi connectivity index (χ4v) is 2.69. The van der Waals surface area contributed by atoms with Crippen LogP contribution in [0.15, 0.2) is 83.5 Å². The molecule has 0 N–H and O–H groups in total. The molecule has 0 bridgehead atoms. The van der Waals surface area contributed by atoms with Crippen molar-refractivity contribution < 1.29 is 18.3 Å². The van der Waals surface area contributed by atoms with Gasteiger partial charge in [0.25, 0.3) is 0 Å². The average molecular weight is 361 g/mol. The molecule has 0 spiro atoms. The van der Waals surface area contributed by atoms with Gasteiger partial charge < -0.3 is 13.9 Å². The third kappa shape index (κ3) is 3.53. The van der Waals surface area contributed by atoms with Crippen LogP contribution in [0.1, 0.15) is 0 Å². The zero-order valence-corrected chi connectivity index (χ0v) is 14.6. The zero-order chi connectivity index (χ0) is 18.6. The number of oxazole rings is 1. The van der Waals surface area contributed by atoms with Gasteiger partial charge in [-0.3, -0.25) is 0 Å². The van der Waals surface area contributed by atoms with Crippen LogP contribution in [0.5, 0.6) is 17.2 Å². The van der Waals surface area contributed by atoms with Crippen LogP contribution in [0.4, 0.5) is 4.39 Å². The van der Waals surface area contributed by atoms with E-state index in [9.17, 15) is 4.39 Å². The molecule has 0 aliphatic heterocycles. The molecule has 0 atom stereocenters. The molecule has 134 valence electrons. The van der Waals surface area contributed by atoms with Crippen LogP contribution in [0.25, 0.3) is 22.7 Å². The first-order valence-electron chi connectivity index (χ1n) is 8.36. The molecule has 0 amide bonds. The number of rotatable bonds is 5. The number of aromatic nitrogens is 1. The van der Waals surface area contributed by atoms with E-state index in [1.54, 1.807) is 25.3 Å². The third-order valence-corrected chi connectivity index (χ3v) is 4.06. The molecule has 0 saturated carbocycles. The number of hydrogen-bond acceptors (Lipinski definition) is 4. The smallest absolute Gasteiger partial charge is 0.230 e. The molecule has 1 aromatic heterocycles. The molecule has 0 aliphatic carbocycles. The van der Waals surface area contributed by atoms with E-state index < -0.39 is 0 Å². The van der Waals surface area contributed by atoms with Gasteiger partial charge in [-0.05, 0) is 48.5 Å². The first kappa shape index (κ1) is 16.8. The van der Waals surface area contributed by atoms with E-state index in [0.29, 0.717) is 34.2 Å². The Balaban J connectivity index is 1.66. The van der Waals surface area contributed by atoms with Crippen LogP contribution in [0.2, 0.25) is 0 Å². The lowest BCUT2D eigenvalue weighted by Gasteiger charge is -2.09. The van der Waals surface area contributed by atoms with Crippen LogP contribution >= 0.6 is 0 Å². The van der Waals surface area contributed by atoms with E-state index in [-0.39, 0.29) is 5.82 Å². The summed E-state index contributed by atoms with van der Waals surface area (Å²) in [7, 11) is 1.61. The highest BCUT2D eigenvalue weighted by molar-refractivity contribution is 5.67. The van der Waals surface area contributed by atoms with Gasteiger partial charge in [-0.25, -0.2) is 9.37 Å². The predicted octanol–water partition coefficient (Wildman–Crippen LogP) is 5.95. The first-order valence-corrected chi connectivity index (χ1v) is 8.36. The molecule has 0 aliphatic rings. The molecule has 4 nitrogen and oxygen atoms in total. The number of halogens is 1. The van der Waals surface area contributed by atoms with E-state index in [2.05, 4.69) is 4.98 Å². The normalized spacial score (nSPS) is 10.6. The Kier molecular flexibility index (Phi) is 4.58. The van der Waals surface area contributed by atoms with E-state index in [1.165, 1.54) is 12.3 Å². The summed E-state index contributed by atoms with van der Waals surface area (Å²) in [6.07, 6.45) is 1.44. The second kappa shape index (κ2) is 7.33. The van der Waals surface area contributed by atoms with Gasteiger partial charge in [0, 0.05) is 5.56 Å². The molecule has 5 heteroatoms. The summed E-state index contributed by atoms with van der Waals surface area (Å²) in [4.78, 5) is 4.43. The Morgan fingerprint density at radius 3 is 2.22 bits per heavy atom. The molecule has 4 aromatic rings. The molecule has 0 radical (unpaired) electrons. The molecule has 4 rings (SSSR count). The van der Waals surface area contributed by atoms with Crippen LogP contribution in [0, 0.1) is 5.82 Å². The summed E-state index contributed by atoms with van der Waals surface area (Å²) >= 11 is 0. The Morgan fingerprint density at radius 2 is 1.48 bits per heavy atom. The molecular formula is C22H16FNO3. The topological polar surface area (TPSA) is 44.5 Å². The SMILES string of the molecule is COc1ccc(Oc2ccccc2-c2nc(-c3ccccc3F)co2)cc1. The number of nitrogens with zero attached hydrogens (tertiary/aromatic N) is 1. The van der Waals surface area contributed by atoms with Crippen molar-refractivity contribution in [3.63, 3.8) is 0 Å². The Morgan fingerprint density at radius 1 is 0.815 bits per heavy atom. The lowest BCUT2D eigenvalue weighted by molar-refractivity contribution is 0.413. The molecule has 1 heterocycles. The van der Waals surface area contributed by atoms with Crippen molar-refractivity contribution in [3.05, 3.63) is 84.9 Å². The number of methoxy groups -OCH3 is 1. The lowest BCUT2D eigenvalue weighted by atomic mass is 10.1. The maximum absolute atomic E-state index is 14.0. The summed E-state index contributed by atoms with van der Waals surface area (Å²) in [5, 5.41) is 0. The van der Waals surface area contributed by atoms with Gasteiger partial charge in [-0.2, -0.15) is 0 Å². The second-order valence-corrected chi connectivity index (χ2v) is 5.79. The highest BCUT2D eigenvalue weighted by atomic mass is 19.1. The predicted molar refractivity (Wildman–Crippen MR) is 100 cm³/mol. The Labute approximate surface area is 155 Å². The maximum Gasteiger partial charge on any atom is 0.230 e. The summed E-state index contributed by atoms with van der Waals surface area (Å²) in [6, 6.07) is 21.1. The van der Waals surface area contributed by atoms with Gasteiger partial charge in [0.15, 0.2) is 0 Å². The van der Waals surface area contributed by atoms with E-state index in [4.69, 9.17) is 13.9 Å². The van der Waals surface area contributed by atoms with Gasteiger partial charge >= 0.3 is 0 Å². The van der Waals surface area contributed by atoms with Crippen molar-refractivity contribution in [1.29, 1.82) is 0 Å². The third-order valence-electron chi connectivity index (χ3n) is 4.06. The number of para-hydroxylation sites is 1. The summed E-state index contributed by atoms with van der Waals surface area (Å²) < 4.78 is 30.7. The first-order chi connectivity index (χ1) is 13.2. The van der Waals surface area contributed by atoms with Crippen LogP contribution in [-0.2, 0) is 0 Å². The molecule has 0 fully saturated rings. The Bertz CT molecular complexity index is 1060. The van der Waals surface area contributed by atoms with Gasteiger partial charge in [0.1, 0.15) is 35.0 Å². The summed E-state index contributed by atoms with van der Waals surface area (Å²) in [6.45, 7) is 0. The second-order valence-electron chi connectivity index (χ2n) is 5.79. The van der Waals surface area contributed by atoms with Crippen LogP contribution in [-0.4, -0.2) is 12.1 Å². The van der Waals surface area contributed by atoms with Gasteiger partial charge in [0.2, 0.25) is 5.89 Å². The highest BCUT2D eigenvalue weighted by Gasteiger charge is 2.15. The van der Waals surface area contributed by atoms with Gasteiger partial charge in [-0.1, -0.05) is 24.3 Å². The van der Waals surface area contributed by atoms with Crippen molar-refractivity contribution in [2.24, 2.45) is 0 Å². The minimum absolute atomic E-state index is 0.347. The average Bonchev–Trinajstić information content (AvgIpc) is 3.19. The van der Waals surface area contributed by atoms with Crippen molar-refractivity contribution in [1.82, 2.24) is 4.98 Å². The lowest BCUT2D eigenvalue weighted by Crippen LogP contribution is -1.89. The van der Waals surface area contributed by atoms with E-state index in [1.807, 2.05) is 48.5 Å². The monoisotopic (exact) mass is 361 g/mol. The summed E-state index contributed by atoms with van der Waals surface area (Å²) in [5.74, 6) is 2.00. The largest absolute Gasteiger partial charge is 0.497 e. The minimum Gasteiger partial charge on any atom is -0.497 e. The van der Waals surface area contributed by atoms with Gasteiger partial charge in [0.05, 0.1) is 12.7 Å². The summed E-state index contributed by atoms with van der Waals surface area (Å²) in [5.41, 5.74) is 1.50. The van der Waals surface area contributed by atoms with Crippen LogP contribution in [0.3, 0.4) is 0 Å². The minimum atomic E-state index is -0.347.